The van der Waals surface area contributed by atoms with Gasteiger partial charge in [-0.1, -0.05) is 26.3 Å². The van der Waals surface area contributed by atoms with Gasteiger partial charge in [-0.3, -0.25) is 0 Å². The van der Waals surface area contributed by atoms with E-state index in [9.17, 15) is 10.2 Å². The molecule has 2 heteroatoms. The van der Waals surface area contributed by atoms with Crippen LogP contribution in [0.5, 0.6) is 5.75 Å². The number of benzene rings is 1. The third-order valence-corrected chi connectivity index (χ3v) is 4.07. The Labute approximate surface area is 103 Å². The quantitative estimate of drug-likeness (QED) is 0.841. The summed E-state index contributed by atoms with van der Waals surface area (Å²) in [5.41, 5.74) is 2.49. The molecule has 2 nitrogen and oxygen atoms in total. The molecule has 0 amide bonds. The number of phenolic OH excluding ortho intramolecular Hbond substituents is 1. The molecule has 0 bridgehead atoms. The van der Waals surface area contributed by atoms with E-state index in [0.29, 0.717) is 17.6 Å². The SMILES string of the molecule is CCCC1c2ccc(O)cc2[C@H](CO)CC1C. The molecule has 1 aromatic rings. The molecule has 1 aliphatic carbocycles. The van der Waals surface area contributed by atoms with Gasteiger partial charge in [0.1, 0.15) is 5.75 Å². The van der Waals surface area contributed by atoms with Crippen LogP contribution in [0.2, 0.25) is 0 Å². The van der Waals surface area contributed by atoms with E-state index >= 15 is 0 Å². The third kappa shape index (κ3) is 2.32. The second kappa shape index (κ2) is 5.09. The number of aliphatic hydroxyl groups is 1. The summed E-state index contributed by atoms with van der Waals surface area (Å²) in [7, 11) is 0. The summed E-state index contributed by atoms with van der Waals surface area (Å²) < 4.78 is 0. The zero-order valence-corrected chi connectivity index (χ0v) is 10.7. The lowest BCUT2D eigenvalue weighted by Crippen LogP contribution is -2.23. The van der Waals surface area contributed by atoms with Crippen molar-refractivity contribution in [3.05, 3.63) is 29.3 Å². The number of aliphatic hydroxyl groups excluding tert-OH is 1. The van der Waals surface area contributed by atoms with E-state index in [2.05, 4.69) is 13.8 Å². The summed E-state index contributed by atoms with van der Waals surface area (Å²) in [4.78, 5) is 0. The van der Waals surface area contributed by atoms with Gasteiger partial charge in [-0.15, -0.1) is 0 Å². The number of phenols is 1. The summed E-state index contributed by atoms with van der Waals surface area (Å²) in [6, 6.07) is 5.65. The molecule has 0 aliphatic heterocycles. The lowest BCUT2D eigenvalue weighted by atomic mass is 9.69. The van der Waals surface area contributed by atoms with E-state index in [0.717, 1.165) is 12.0 Å². The number of aromatic hydroxyl groups is 1. The third-order valence-electron chi connectivity index (χ3n) is 4.07. The van der Waals surface area contributed by atoms with Crippen LogP contribution in [0.4, 0.5) is 0 Å². The molecule has 2 unspecified atom stereocenters. The Morgan fingerprint density at radius 1 is 1.29 bits per heavy atom. The topological polar surface area (TPSA) is 40.5 Å². The first-order valence-corrected chi connectivity index (χ1v) is 6.61. The molecule has 0 spiro atoms. The summed E-state index contributed by atoms with van der Waals surface area (Å²) in [5.74, 6) is 1.70. The monoisotopic (exact) mass is 234 g/mol. The Balaban J connectivity index is 2.42. The average Bonchev–Trinajstić information content (AvgIpc) is 2.32. The van der Waals surface area contributed by atoms with Crippen molar-refractivity contribution in [2.45, 2.75) is 44.9 Å². The second-order valence-electron chi connectivity index (χ2n) is 5.30. The van der Waals surface area contributed by atoms with Gasteiger partial charge in [0.2, 0.25) is 0 Å². The van der Waals surface area contributed by atoms with Crippen LogP contribution in [0.15, 0.2) is 18.2 Å². The highest BCUT2D eigenvalue weighted by Crippen LogP contribution is 2.45. The minimum atomic E-state index is 0.180. The van der Waals surface area contributed by atoms with Gasteiger partial charge in [-0.25, -0.2) is 0 Å². The Bertz CT molecular complexity index is 387. The van der Waals surface area contributed by atoms with Gasteiger partial charge >= 0.3 is 0 Å². The van der Waals surface area contributed by atoms with Gasteiger partial charge in [-0.05, 0) is 47.9 Å². The maximum atomic E-state index is 9.60. The molecule has 0 fully saturated rings. The van der Waals surface area contributed by atoms with E-state index in [1.807, 2.05) is 12.1 Å². The zero-order valence-electron chi connectivity index (χ0n) is 10.7. The van der Waals surface area contributed by atoms with Crippen molar-refractivity contribution in [2.24, 2.45) is 5.92 Å². The highest BCUT2D eigenvalue weighted by molar-refractivity contribution is 5.41. The molecule has 1 aromatic carbocycles. The van der Waals surface area contributed by atoms with Crippen LogP contribution in [-0.2, 0) is 0 Å². The molecule has 0 saturated heterocycles. The van der Waals surface area contributed by atoms with Gasteiger partial charge < -0.3 is 10.2 Å². The highest BCUT2D eigenvalue weighted by Gasteiger charge is 2.31. The number of rotatable bonds is 3. The smallest absolute Gasteiger partial charge is 0.115 e. The Morgan fingerprint density at radius 2 is 2.06 bits per heavy atom. The predicted molar refractivity (Wildman–Crippen MR) is 69.4 cm³/mol. The first-order valence-electron chi connectivity index (χ1n) is 6.61. The van der Waals surface area contributed by atoms with Gasteiger partial charge in [0.15, 0.2) is 0 Å². The van der Waals surface area contributed by atoms with Crippen molar-refractivity contribution in [3.8, 4) is 5.75 Å². The van der Waals surface area contributed by atoms with Gasteiger partial charge in [-0.2, -0.15) is 0 Å². The van der Waals surface area contributed by atoms with E-state index in [1.54, 1.807) is 6.07 Å². The lowest BCUT2D eigenvalue weighted by molar-refractivity contribution is 0.224. The number of hydrogen-bond donors (Lipinski definition) is 2. The average molecular weight is 234 g/mol. The van der Waals surface area contributed by atoms with Crippen molar-refractivity contribution in [2.75, 3.05) is 6.61 Å². The first-order chi connectivity index (χ1) is 8.17. The molecule has 0 aromatic heterocycles. The Kier molecular flexibility index (Phi) is 3.72. The maximum absolute atomic E-state index is 9.60. The van der Waals surface area contributed by atoms with Gasteiger partial charge in [0.25, 0.3) is 0 Å². The summed E-state index contributed by atoms with van der Waals surface area (Å²) >= 11 is 0. The molecule has 1 aliphatic rings. The van der Waals surface area contributed by atoms with Crippen LogP contribution < -0.4 is 0 Å². The largest absolute Gasteiger partial charge is 0.508 e. The Hall–Kier alpha value is -1.02. The van der Waals surface area contributed by atoms with Crippen LogP contribution in [0, 0.1) is 5.92 Å². The van der Waals surface area contributed by atoms with Gasteiger partial charge in [0.05, 0.1) is 0 Å². The molecule has 0 heterocycles. The molecule has 2 rings (SSSR count). The number of hydrogen-bond acceptors (Lipinski definition) is 2. The van der Waals surface area contributed by atoms with Crippen molar-refractivity contribution >= 4 is 0 Å². The van der Waals surface area contributed by atoms with Crippen molar-refractivity contribution in [1.82, 2.24) is 0 Å². The minimum absolute atomic E-state index is 0.180. The fourth-order valence-corrected chi connectivity index (χ4v) is 3.22. The van der Waals surface area contributed by atoms with E-state index in [4.69, 9.17) is 0 Å². The van der Waals surface area contributed by atoms with Crippen molar-refractivity contribution < 1.29 is 10.2 Å². The summed E-state index contributed by atoms with van der Waals surface area (Å²) in [6.07, 6.45) is 3.40. The van der Waals surface area contributed by atoms with E-state index < -0.39 is 0 Å². The first kappa shape index (κ1) is 12.4. The summed E-state index contributed by atoms with van der Waals surface area (Å²) in [5, 5.41) is 19.1. The molecule has 94 valence electrons. The van der Waals surface area contributed by atoms with Crippen molar-refractivity contribution in [3.63, 3.8) is 0 Å². The fraction of sp³-hybridized carbons (Fsp3) is 0.600. The molecular formula is C15H22O2. The number of fused-ring (bicyclic) bond motifs is 1. The normalized spacial score (nSPS) is 27.8. The van der Waals surface area contributed by atoms with Crippen LogP contribution in [0.25, 0.3) is 0 Å². The molecule has 0 radical (unpaired) electrons. The fourth-order valence-electron chi connectivity index (χ4n) is 3.22. The zero-order chi connectivity index (χ0) is 12.4. The Morgan fingerprint density at radius 3 is 2.71 bits per heavy atom. The molecule has 3 atom stereocenters. The molecule has 2 N–H and O–H groups in total. The van der Waals surface area contributed by atoms with E-state index in [-0.39, 0.29) is 12.5 Å². The van der Waals surface area contributed by atoms with Crippen LogP contribution in [0.1, 0.15) is 56.1 Å². The minimum Gasteiger partial charge on any atom is -0.508 e. The van der Waals surface area contributed by atoms with E-state index in [1.165, 1.54) is 18.4 Å². The lowest BCUT2D eigenvalue weighted by Gasteiger charge is -2.36. The molecular weight excluding hydrogens is 212 g/mol. The van der Waals surface area contributed by atoms with Crippen LogP contribution >= 0.6 is 0 Å². The molecule has 17 heavy (non-hydrogen) atoms. The standard InChI is InChI=1S/C15H22O2/c1-3-4-13-10(2)7-11(9-16)15-8-12(17)5-6-14(13)15/h5-6,8,10-11,13,16-17H,3-4,7,9H2,1-2H3/t10?,11-,13?/m0/s1. The molecule has 0 saturated carbocycles. The highest BCUT2D eigenvalue weighted by atomic mass is 16.3. The van der Waals surface area contributed by atoms with Crippen LogP contribution in [-0.4, -0.2) is 16.8 Å². The predicted octanol–water partition coefficient (Wildman–Crippen LogP) is 3.39. The van der Waals surface area contributed by atoms with Gasteiger partial charge in [0, 0.05) is 12.5 Å². The maximum Gasteiger partial charge on any atom is 0.115 e. The van der Waals surface area contributed by atoms with Crippen LogP contribution in [0.3, 0.4) is 0 Å². The summed E-state index contributed by atoms with van der Waals surface area (Å²) in [6.45, 7) is 4.67. The van der Waals surface area contributed by atoms with Crippen molar-refractivity contribution in [1.29, 1.82) is 0 Å². The second-order valence-corrected chi connectivity index (χ2v) is 5.30.